The lowest BCUT2D eigenvalue weighted by molar-refractivity contribution is -0.118. The maximum Gasteiger partial charge on any atom is 0.132 e. The van der Waals surface area contributed by atoms with Crippen LogP contribution in [0, 0.1) is 0 Å². The van der Waals surface area contributed by atoms with Crippen LogP contribution in [0.4, 0.5) is 0 Å². The van der Waals surface area contributed by atoms with Crippen LogP contribution < -0.4 is 0 Å². The summed E-state index contributed by atoms with van der Waals surface area (Å²) in [5.74, 6) is 0.756. The van der Waals surface area contributed by atoms with Crippen molar-refractivity contribution < 1.29 is 4.79 Å². The minimum absolute atomic E-state index is 0.366. The molecule has 0 unspecified atom stereocenters. The van der Waals surface area contributed by atoms with Crippen LogP contribution in [-0.2, 0) is 4.79 Å². The largest absolute Gasteiger partial charge is 0.300 e. The van der Waals surface area contributed by atoms with Crippen LogP contribution in [0.15, 0.2) is 60.7 Å². The lowest BCUT2D eigenvalue weighted by Gasteiger charge is -2.18. The van der Waals surface area contributed by atoms with Gasteiger partial charge in [-0.2, -0.15) is 0 Å². The first-order chi connectivity index (χ1) is 9.81. The standard InChI is InChI=1S/C19H22O/c1-2-18(20)14-9-15-19(16-10-5-3-6-11-16)17-12-7-4-8-13-17/h3-8,10-13,19H,2,9,14-15H2,1H3. The molecule has 0 aliphatic heterocycles. The molecule has 0 saturated heterocycles. The zero-order valence-corrected chi connectivity index (χ0v) is 12.1. The fourth-order valence-electron chi connectivity index (χ4n) is 2.58. The number of rotatable bonds is 7. The Bertz CT molecular complexity index is 476. The van der Waals surface area contributed by atoms with Crippen molar-refractivity contribution in [3.63, 3.8) is 0 Å². The SMILES string of the molecule is CCC(=O)CCCC(c1ccccc1)c1ccccc1. The summed E-state index contributed by atoms with van der Waals surface area (Å²) in [5.41, 5.74) is 2.67. The van der Waals surface area contributed by atoms with E-state index in [1.54, 1.807) is 0 Å². The minimum atomic E-state index is 0.366. The molecule has 2 aromatic rings. The van der Waals surface area contributed by atoms with E-state index in [-0.39, 0.29) is 0 Å². The van der Waals surface area contributed by atoms with Crippen LogP contribution in [0.5, 0.6) is 0 Å². The molecule has 0 N–H and O–H groups in total. The molecule has 0 atom stereocenters. The summed E-state index contributed by atoms with van der Waals surface area (Å²) in [6, 6.07) is 21.2. The first kappa shape index (κ1) is 14.5. The Balaban J connectivity index is 2.11. The van der Waals surface area contributed by atoms with Crippen LogP contribution in [0.3, 0.4) is 0 Å². The summed E-state index contributed by atoms with van der Waals surface area (Å²) in [7, 11) is 0. The van der Waals surface area contributed by atoms with Gasteiger partial charge in [-0.25, -0.2) is 0 Å². The molecule has 104 valence electrons. The van der Waals surface area contributed by atoms with Gasteiger partial charge in [-0.05, 0) is 24.0 Å². The molecule has 2 aromatic carbocycles. The maximum atomic E-state index is 11.5. The molecule has 0 bridgehead atoms. The number of ketones is 1. The van der Waals surface area contributed by atoms with Crippen LogP contribution in [-0.4, -0.2) is 5.78 Å². The van der Waals surface area contributed by atoms with Crippen molar-refractivity contribution in [1.82, 2.24) is 0 Å². The van der Waals surface area contributed by atoms with Gasteiger partial charge in [0.25, 0.3) is 0 Å². The third-order valence-electron chi connectivity index (χ3n) is 3.75. The van der Waals surface area contributed by atoms with Gasteiger partial charge in [0.05, 0.1) is 0 Å². The molecule has 1 nitrogen and oxygen atoms in total. The molecule has 0 amide bonds. The highest BCUT2D eigenvalue weighted by atomic mass is 16.1. The van der Waals surface area contributed by atoms with Crippen molar-refractivity contribution in [1.29, 1.82) is 0 Å². The summed E-state index contributed by atoms with van der Waals surface area (Å²) in [4.78, 5) is 11.5. The topological polar surface area (TPSA) is 17.1 Å². The van der Waals surface area contributed by atoms with E-state index in [9.17, 15) is 4.79 Å². The van der Waals surface area contributed by atoms with Gasteiger partial charge >= 0.3 is 0 Å². The molecule has 2 rings (SSSR count). The van der Waals surface area contributed by atoms with Gasteiger partial charge in [0.1, 0.15) is 5.78 Å². The molecule has 0 heterocycles. The summed E-state index contributed by atoms with van der Waals surface area (Å²) < 4.78 is 0. The quantitative estimate of drug-likeness (QED) is 0.691. The molecule has 20 heavy (non-hydrogen) atoms. The monoisotopic (exact) mass is 266 g/mol. The van der Waals surface area contributed by atoms with Crippen molar-refractivity contribution in [2.45, 2.75) is 38.5 Å². The Morgan fingerprint density at radius 1 is 0.900 bits per heavy atom. The van der Waals surface area contributed by atoms with Gasteiger partial charge in [0.2, 0.25) is 0 Å². The molecule has 1 heteroatoms. The number of hydrogen-bond donors (Lipinski definition) is 0. The average molecular weight is 266 g/mol. The molecule has 0 aliphatic carbocycles. The van der Waals surface area contributed by atoms with E-state index < -0.39 is 0 Å². The number of benzene rings is 2. The van der Waals surface area contributed by atoms with Crippen molar-refractivity contribution in [2.24, 2.45) is 0 Å². The zero-order chi connectivity index (χ0) is 14.2. The normalized spacial score (nSPS) is 10.7. The lowest BCUT2D eigenvalue weighted by Crippen LogP contribution is -2.03. The highest BCUT2D eigenvalue weighted by molar-refractivity contribution is 5.77. The molecule has 0 saturated carbocycles. The van der Waals surface area contributed by atoms with Gasteiger partial charge in [-0.1, -0.05) is 67.6 Å². The van der Waals surface area contributed by atoms with E-state index in [0.29, 0.717) is 24.5 Å². The second kappa shape index (κ2) is 7.64. The Labute approximate surface area is 121 Å². The Hall–Kier alpha value is -1.89. The molecule has 0 aliphatic rings. The van der Waals surface area contributed by atoms with Gasteiger partial charge in [-0.15, -0.1) is 0 Å². The van der Waals surface area contributed by atoms with Gasteiger partial charge in [0.15, 0.2) is 0 Å². The van der Waals surface area contributed by atoms with E-state index in [2.05, 4.69) is 48.5 Å². The van der Waals surface area contributed by atoms with Crippen molar-refractivity contribution in [3.8, 4) is 0 Å². The highest BCUT2D eigenvalue weighted by Gasteiger charge is 2.13. The fourth-order valence-corrected chi connectivity index (χ4v) is 2.58. The minimum Gasteiger partial charge on any atom is -0.300 e. The van der Waals surface area contributed by atoms with Crippen LogP contribution in [0.1, 0.15) is 49.7 Å². The number of carbonyl (C=O) groups excluding carboxylic acids is 1. The van der Waals surface area contributed by atoms with Crippen LogP contribution in [0.25, 0.3) is 0 Å². The third-order valence-corrected chi connectivity index (χ3v) is 3.75. The Morgan fingerprint density at radius 3 is 1.85 bits per heavy atom. The maximum absolute atomic E-state index is 11.5. The first-order valence-corrected chi connectivity index (χ1v) is 7.43. The molecule has 0 spiro atoms. The summed E-state index contributed by atoms with van der Waals surface area (Å²) in [6.07, 6.45) is 3.34. The van der Waals surface area contributed by atoms with Crippen molar-refractivity contribution in [2.75, 3.05) is 0 Å². The molecular weight excluding hydrogens is 244 g/mol. The Morgan fingerprint density at radius 2 is 1.40 bits per heavy atom. The predicted molar refractivity (Wildman–Crippen MR) is 83.9 cm³/mol. The molecule has 0 fully saturated rings. The van der Waals surface area contributed by atoms with E-state index in [4.69, 9.17) is 0 Å². The van der Waals surface area contributed by atoms with Gasteiger partial charge < -0.3 is 0 Å². The van der Waals surface area contributed by atoms with E-state index in [1.807, 2.05) is 19.1 Å². The fraction of sp³-hybridized carbons (Fsp3) is 0.316. The molecule has 0 radical (unpaired) electrons. The second-order valence-corrected chi connectivity index (χ2v) is 5.16. The van der Waals surface area contributed by atoms with Crippen LogP contribution in [0.2, 0.25) is 0 Å². The summed E-state index contributed by atoms with van der Waals surface area (Å²) in [6.45, 7) is 1.94. The van der Waals surface area contributed by atoms with E-state index >= 15 is 0 Å². The molecule has 0 aromatic heterocycles. The zero-order valence-electron chi connectivity index (χ0n) is 12.1. The van der Waals surface area contributed by atoms with Crippen molar-refractivity contribution >= 4 is 5.78 Å². The number of carbonyl (C=O) groups is 1. The summed E-state index contributed by atoms with van der Waals surface area (Å²) in [5, 5.41) is 0. The van der Waals surface area contributed by atoms with Gasteiger partial charge in [0, 0.05) is 18.8 Å². The van der Waals surface area contributed by atoms with Crippen molar-refractivity contribution in [3.05, 3.63) is 71.8 Å². The average Bonchev–Trinajstić information content (AvgIpc) is 2.53. The lowest BCUT2D eigenvalue weighted by atomic mass is 9.87. The Kier molecular flexibility index (Phi) is 5.55. The van der Waals surface area contributed by atoms with Crippen LogP contribution >= 0.6 is 0 Å². The second-order valence-electron chi connectivity index (χ2n) is 5.16. The third kappa shape index (κ3) is 4.06. The van der Waals surface area contributed by atoms with Gasteiger partial charge in [-0.3, -0.25) is 4.79 Å². The summed E-state index contributed by atoms with van der Waals surface area (Å²) >= 11 is 0. The highest BCUT2D eigenvalue weighted by Crippen LogP contribution is 2.29. The van der Waals surface area contributed by atoms with E-state index in [0.717, 1.165) is 12.8 Å². The first-order valence-electron chi connectivity index (χ1n) is 7.43. The smallest absolute Gasteiger partial charge is 0.132 e. The number of Topliss-reactive ketones (excluding diaryl/α,β-unsaturated/α-hetero) is 1. The number of hydrogen-bond acceptors (Lipinski definition) is 1. The van der Waals surface area contributed by atoms with E-state index in [1.165, 1.54) is 11.1 Å². The predicted octanol–water partition coefficient (Wildman–Crippen LogP) is 4.97. The molecular formula is C19H22O.